The Kier molecular flexibility index (Phi) is 6.09. The molecule has 0 saturated carbocycles. The highest BCUT2D eigenvalue weighted by molar-refractivity contribution is 5.83. The number of allylic oxidation sites excluding steroid dienone is 1. The molecule has 0 atom stereocenters. The van der Waals surface area contributed by atoms with Crippen molar-refractivity contribution in [3.8, 4) is 0 Å². The maximum atomic E-state index is 13.1. The van der Waals surface area contributed by atoms with Crippen LogP contribution in [0.1, 0.15) is 19.3 Å². The average Bonchev–Trinajstić information content (AvgIpc) is 2.90. The van der Waals surface area contributed by atoms with E-state index in [-0.39, 0.29) is 23.0 Å². The minimum absolute atomic E-state index is 0.161. The van der Waals surface area contributed by atoms with Crippen molar-refractivity contribution in [2.45, 2.75) is 19.3 Å². The van der Waals surface area contributed by atoms with Crippen molar-refractivity contribution in [1.82, 2.24) is 14.7 Å². The number of piperidine rings is 1. The molecule has 30 heavy (non-hydrogen) atoms. The van der Waals surface area contributed by atoms with E-state index in [4.69, 9.17) is 0 Å². The molecule has 162 valence electrons. The minimum Gasteiger partial charge on any atom is -0.368 e. The summed E-state index contributed by atoms with van der Waals surface area (Å²) in [5, 5.41) is 0. The molecule has 3 aliphatic heterocycles. The predicted molar refractivity (Wildman–Crippen MR) is 115 cm³/mol. The third kappa shape index (κ3) is 4.36. The van der Waals surface area contributed by atoms with Crippen molar-refractivity contribution >= 4 is 17.5 Å². The van der Waals surface area contributed by atoms with Gasteiger partial charge in [-0.2, -0.15) is 0 Å². The molecular formula is C23H31FN4O2. The first kappa shape index (κ1) is 20.8. The number of piperazine rings is 1. The molecule has 7 heteroatoms. The van der Waals surface area contributed by atoms with Gasteiger partial charge in [0, 0.05) is 45.5 Å². The molecule has 1 aromatic rings. The molecule has 0 N–H and O–H groups in total. The second-order valence-electron chi connectivity index (χ2n) is 8.76. The molecule has 2 fully saturated rings. The normalized spacial score (nSPS) is 22.5. The lowest BCUT2D eigenvalue weighted by Crippen LogP contribution is -2.53. The van der Waals surface area contributed by atoms with E-state index >= 15 is 0 Å². The van der Waals surface area contributed by atoms with Crippen LogP contribution in [0.15, 0.2) is 36.4 Å². The van der Waals surface area contributed by atoms with Gasteiger partial charge in [-0.05, 0) is 56.6 Å². The second kappa shape index (κ2) is 8.76. The number of amides is 2. The predicted octanol–water partition coefficient (Wildman–Crippen LogP) is 1.97. The first-order valence-corrected chi connectivity index (χ1v) is 10.9. The van der Waals surface area contributed by atoms with Crippen LogP contribution in [0.4, 0.5) is 10.1 Å². The van der Waals surface area contributed by atoms with Crippen molar-refractivity contribution in [1.29, 1.82) is 0 Å². The SMILES string of the molecule is CN1CC=CCC2(CCN(CC(=O)N3CCN(c4ccc(F)cc4)CC3)CC2)C1=O. The number of likely N-dealkylation sites (tertiary alicyclic amines) is 1. The fourth-order valence-corrected chi connectivity index (χ4v) is 4.83. The molecule has 0 aliphatic carbocycles. The van der Waals surface area contributed by atoms with Gasteiger partial charge in [0.15, 0.2) is 0 Å². The van der Waals surface area contributed by atoms with Crippen LogP contribution in [0.2, 0.25) is 0 Å². The standard InChI is InChI=1S/C23H31FN4O2/c1-25-11-3-2-8-23(22(25)30)9-12-26(13-10-23)18-21(29)28-16-14-27(15-17-28)20-6-4-19(24)5-7-20/h2-7H,8-18H2,1H3. The molecule has 2 amide bonds. The third-order valence-electron chi connectivity index (χ3n) is 6.85. The monoisotopic (exact) mass is 414 g/mol. The molecule has 1 aromatic carbocycles. The molecule has 0 radical (unpaired) electrons. The van der Waals surface area contributed by atoms with E-state index in [1.165, 1.54) is 12.1 Å². The Balaban J connectivity index is 1.26. The number of halogens is 1. The van der Waals surface area contributed by atoms with Crippen molar-refractivity contribution in [2.24, 2.45) is 5.41 Å². The van der Waals surface area contributed by atoms with Crippen LogP contribution in [0.3, 0.4) is 0 Å². The summed E-state index contributed by atoms with van der Waals surface area (Å²) in [5.41, 5.74) is 0.708. The summed E-state index contributed by atoms with van der Waals surface area (Å²) in [4.78, 5) is 33.8. The third-order valence-corrected chi connectivity index (χ3v) is 6.85. The molecule has 0 bridgehead atoms. The second-order valence-corrected chi connectivity index (χ2v) is 8.76. The van der Waals surface area contributed by atoms with E-state index in [0.29, 0.717) is 26.2 Å². The molecule has 6 nitrogen and oxygen atoms in total. The molecular weight excluding hydrogens is 383 g/mol. The number of hydrogen-bond donors (Lipinski definition) is 0. The zero-order chi connectivity index (χ0) is 21.1. The van der Waals surface area contributed by atoms with E-state index in [9.17, 15) is 14.0 Å². The fraction of sp³-hybridized carbons (Fsp3) is 0.565. The molecule has 4 rings (SSSR count). The number of carbonyl (C=O) groups is 2. The van der Waals surface area contributed by atoms with E-state index in [1.807, 2.05) is 16.8 Å². The van der Waals surface area contributed by atoms with Gasteiger partial charge in [0.25, 0.3) is 0 Å². The first-order valence-electron chi connectivity index (χ1n) is 10.9. The number of anilines is 1. The minimum atomic E-state index is -0.290. The lowest BCUT2D eigenvalue weighted by atomic mass is 9.74. The Labute approximate surface area is 177 Å². The molecule has 2 saturated heterocycles. The zero-order valence-electron chi connectivity index (χ0n) is 17.7. The molecule has 1 spiro atoms. The van der Waals surface area contributed by atoms with E-state index in [2.05, 4.69) is 22.0 Å². The lowest BCUT2D eigenvalue weighted by Gasteiger charge is -2.42. The molecule has 3 aliphatic rings. The summed E-state index contributed by atoms with van der Waals surface area (Å²) in [5.74, 6) is 0.174. The van der Waals surface area contributed by atoms with Crippen LogP contribution in [0, 0.1) is 11.2 Å². The smallest absolute Gasteiger partial charge is 0.236 e. The first-order chi connectivity index (χ1) is 14.5. The topological polar surface area (TPSA) is 47.1 Å². The lowest BCUT2D eigenvalue weighted by molar-refractivity contribution is -0.143. The van der Waals surface area contributed by atoms with Gasteiger partial charge in [-0.15, -0.1) is 0 Å². The molecule has 3 heterocycles. The number of benzene rings is 1. The summed E-state index contributed by atoms with van der Waals surface area (Å²) < 4.78 is 13.1. The van der Waals surface area contributed by atoms with Gasteiger partial charge in [-0.3, -0.25) is 14.5 Å². The Morgan fingerprint density at radius 1 is 1.00 bits per heavy atom. The van der Waals surface area contributed by atoms with Crippen LogP contribution in [0.25, 0.3) is 0 Å². The van der Waals surface area contributed by atoms with Crippen LogP contribution in [-0.4, -0.2) is 85.9 Å². The van der Waals surface area contributed by atoms with Crippen LogP contribution < -0.4 is 4.90 Å². The van der Waals surface area contributed by atoms with Gasteiger partial charge < -0.3 is 14.7 Å². The maximum Gasteiger partial charge on any atom is 0.236 e. The van der Waals surface area contributed by atoms with Crippen molar-refractivity contribution < 1.29 is 14.0 Å². The summed E-state index contributed by atoms with van der Waals surface area (Å²) in [7, 11) is 1.88. The summed E-state index contributed by atoms with van der Waals surface area (Å²) in [6, 6.07) is 6.53. The Morgan fingerprint density at radius 3 is 2.33 bits per heavy atom. The van der Waals surface area contributed by atoms with Gasteiger partial charge in [-0.25, -0.2) is 4.39 Å². The van der Waals surface area contributed by atoms with Crippen molar-refractivity contribution in [3.63, 3.8) is 0 Å². The quantitative estimate of drug-likeness (QED) is 0.710. The van der Waals surface area contributed by atoms with Crippen LogP contribution in [0.5, 0.6) is 0 Å². The Bertz CT molecular complexity index is 794. The van der Waals surface area contributed by atoms with E-state index in [0.717, 1.165) is 51.1 Å². The highest BCUT2D eigenvalue weighted by Crippen LogP contribution is 2.38. The summed E-state index contributed by atoms with van der Waals surface area (Å²) >= 11 is 0. The van der Waals surface area contributed by atoms with Crippen molar-refractivity contribution in [2.75, 3.05) is 64.3 Å². The molecule has 0 unspecified atom stereocenters. The fourth-order valence-electron chi connectivity index (χ4n) is 4.83. The van der Waals surface area contributed by atoms with Gasteiger partial charge >= 0.3 is 0 Å². The maximum absolute atomic E-state index is 13.1. The highest BCUT2D eigenvalue weighted by Gasteiger charge is 2.43. The summed E-state index contributed by atoms with van der Waals surface area (Å²) in [6.07, 6.45) is 6.65. The zero-order valence-corrected chi connectivity index (χ0v) is 17.7. The van der Waals surface area contributed by atoms with Crippen LogP contribution >= 0.6 is 0 Å². The largest absolute Gasteiger partial charge is 0.368 e. The van der Waals surface area contributed by atoms with Crippen LogP contribution in [-0.2, 0) is 9.59 Å². The number of hydrogen-bond acceptors (Lipinski definition) is 4. The number of carbonyl (C=O) groups excluding carboxylic acids is 2. The number of rotatable bonds is 3. The van der Waals surface area contributed by atoms with Gasteiger partial charge in [0.05, 0.1) is 12.0 Å². The van der Waals surface area contributed by atoms with Gasteiger partial charge in [0.2, 0.25) is 11.8 Å². The van der Waals surface area contributed by atoms with Gasteiger partial charge in [0.1, 0.15) is 5.82 Å². The summed E-state index contributed by atoms with van der Waals surface area (Å²) in [6.45, 7) is 5.56. The van der Waals surface area contributed by atoms with Gasteiger partial charge in [-0.1, -0.05) is 12.2 Å². The number of likely N-dealkylation sites (N-methyl/N-ethyl adjacent to an activating group) is 1. The van der Waals surface area contributed by atoms with Crippen molar-refractivity contribution in [3.05, 3.63) is 42.2 Å². The highest BCUT2D eigenvalue weighted by atomic mass is 19.1. The van der Waals surface area contributed by atoms with E-state index in [1.54, 1.807) is 12.1 Å². The molecule has 0 aromatic heterocycles. The number of nitrogens with zero attached hydrogens (tertiary/aromatic N) is 4. The average molecular weight is 415 g/mol. The Hall–Kier alpha value is -2.41. The van der Waals surface area contributed by atoms with E-state index < -0.39 is 0 Å². The Morgan fingerprint density at radius 2 is 1.67 bits per heavy atom.